The van der Waals surface area contributed by atoms with Crippen LogP contribution in [0.4, 0.5) is 11.4 Å². The SMILES string of the molecule is CC1(C)CS(=O)(=O)N(c2cccc(C(=O)Nc3ccc(C(=O)O)c(O)c3)c2)C1=O. The number of hydrogen-bond donors (Lipinski definition) is 3. The van der Waals surface area contributed by atoms with E-state index in [0.717, 1.165) is 12.1 Å². The van der Waals surface area contributed by atoms with Crippen LogP contribution in [0.25, 0.3) is 0 Å². The molecule has 0 spiro atoms. The summed E-state index contributed by atoms with van der Waals surface area (Å²) in [6.45, 7) is 3.08. The minimum absolute atomic E-state index is 0.0531. The van der Waals surface area contributed by atoms with Crippen LogP contribution in [0.15, 0.2) is 42.5 Å². The van der Waals surface area contributed by atoms with Gasteiger partial charge in [-0.2, -0.15) is 0 Å². The van der Waals surface area contributed by atoms with Crippen molar-refractivity contribution in [2.45, 2.75) is 13.8 Å². The molecule has 152 valence electrons. The summed E-state index contributed by atoms with van der Waals surface area (Å²) in [5.41, 5.74) is -1.10. The third-order valence-corrected chi connectivity index (χ3v) is 6.43. The molecule has 9 nitrogen and oxygen atoms in total. The molecule has 0 aliphatic carbocycles. The number of nitrogens with zero attached hydrogens (tertiary/aromatic N) is 1. The predicted molar refractivity (Wildman–Crippen MR) is 105 cm³/mol. The summed E-state index contributed by atoms with van der Waals surface area (Å²) >= 11 is 0. The molecular formula is C19H18N2O7S. The first kappa shape index (κ1) is 20.3. The Balaban J connectivity index is 1.88. The molecule has 29 heavy (non-hydrogen) atoms. The van der Waals surface area contributed by atoms with Crippen molar-refractivity contribution in [2.24, 2.45) is 5.41 Å². The molecule has 10 heteroatoms. The number of carbonyl (C=O) groups excluding carboxylic acids is 2. The molecular weight excluding hydrogens is 400 g/mol. The van der Waals surface area contributed by atoms with Crippen molar-refractivity contribution in [3.8, 4) is 5.75 Å². The van der Waals surface area contributed by atoms with E-state index in [4.69, 9.17) is 5.11 Å². The maximum absolute atomic E-state index is 12.5. The summed E-state index contributed by atoms with van der Waals surface area (Å²) in [5, 5.41) is 21.1. The summed E-state index contributed by atoms with van der Waals surface area (Å²) in [4.78, 5) is 36.0. The van der Waals surface area contributed by atoms with Gasteiger partial charge in [-0.05, 0) is 44.2 Å². The van der Waals surface area contributed by atoms with Gasteiger partial charge >= 0.3 is 5.97 Å². The van der Waals surface area contributed by atoms with Gasteiger partial charge in [-0.15, -0.1) is 0 Å². The molecule has 0 bridgehead atoms. The average molecular weight is 418 g/mol. The number of carboxylic acids is 1. The molecule has 0 aromatic heterocycles. The fourth-order valence-corrected chi connectivity index (χ4v) is 5.13. The van der Waals surface area contributed by atoms with E-state index in [9.17, 15) is 27.9 Å². The Morgan fingerprint density at radius 2 is 1.83 bits per heavy atom. The fraction of sp³-hybridized carbons (Fsp3) is 0.211. The molecule has 1 fully saturated rings. The molecule has 0 atom stereocenters. The second-order valence-electron chi connectivity index (χ2n) is 7.25. The van der Waals surface area contributed by atoms with Crippen molar-refractivity contribution in [1.29, 1.82) is 0 Å². The number of aromatic carboxylic acids is 1. The monoisotopic (exact) mass is 418 g/mol. The van der Waals surface area contributed by atoms with Crippen LogP contribution in [0, 0.1) is 5.41 Å². The van der Waals surface area contributed by atoms with Crippen molar-refractivity contribution < 1.29 is 33.0 Å². The summed E-state index contributed by atoms with van der Waals surface area (Å²) in [6, 6.07) is 9.11. The molecule has 1 aliphatic heterocycles. The van der Waals surface area contributed by atoms with Crippen LogP contribution in [0.1, 0.15) is 34.6 Å². The summed E-state index contributed by atoms with van der Waals surface area (Å²) in [7, 11) is -3.85. The number of carbonyl (C=O) groups is 3. The van der Waals surface area contributed by atoms with Crippen molar-refractivity contribution in [2.75, 3.05) is 15.4 Å². The van der Waals surface area contributed by atoms with Gasteiger partial charge in [-0.25, -0.2) is 17.5 Å². The maximum atomic E-state index is 12.5. The Morgan fingerprint density at radius 1 is 1.14 bits per heavy atom. The van der Waals surface area contributed by atoms with E-state index in [1.54, 1.807) is 0 Å². The van der Waals surface area contributed by atoms with Gasteiger partial charge in [0, 0.05) is 17.3 Å². The quantitative estimate of drug-likeness (QED) is 0.690. The zero-order valence-corrected chi connectivity index (χ0v) is 16.4. The van der Waals surface area contributed by atoms with E-state index in [0.29, 0.717) is 4.31 Å². The molecule has 1 saturated heterocycles. The van der Waals surface area contributed by atoms with Crippen molar-refractivity contribution in [3.05, 3.63) is 53.6 Å². The Morgan fingerprint density at radius 3 is 2.38 bits per heavy atom. The molecule has 1 aliphatic rings. The van der Waals surface area contributed by atoms with Gasteiger partial charge in [-0.3, -0.25) is 9.59 Å². The molecule has 3 N–H and O–H groups in total. The van der Waals surface area contributed by atoms with E-state index < -0.39 is 39.0 Å². The van der Waals surface area contributed by atoms with Gasteiger partial charge < -0.3 is 15.5 Å². The summed E-state index contributed by atoms with van der Waals surface area (Å²) < 4.78 is 25.5. The Kier molecular flexibility index (Phi) is 4.83. The van der Waals surface area contributed by atoms with E-state index >= 15 is 0 Å². The van der Waals surface area contributed by atoms with Crippen molar-refractivity contribution in [1.82, 2.24) is 0 Å². The fourth-order valence-electron chi connectivity index (χ4n) is 3.03. The van der Waals surface area contributed by atoms with E-state index in [1.807, 2.05) is 0 Å². The number of hydrogen-bond acceptors (Lipinski definition) is 6. The molecule has 0 radical (unpaired) electrons. The third kappa shape index (κ3) is 3.79. The second-order valence-corrected chi connectivity index (χ2v) is 9.07. The molecule has 0 unspecified atom stereocenters. The van der Waals surface area contributed by atoms with Gasteiger partial charge in [0.15, 0.2) is 0 Å². The number of benzene rings is 2. The van der Waals surface area contributed by atoms with E-state index in [-0.39, 0.29) is 28.3 Å². The van der Waals surface area contributed by atoms with Gasteiger partial charge in [0.05, 0.1) is 16.9 Å². The maximum Gasteiger partial charge on any atom is 0.339 e. The standard InChI is InChI=1S/C19H18N2O7S/c1-19(2)10-29(27,28)21(18(19)26)13-5-3-4-11(8-13)16(23)20-12-6-7-14(17(24)25)15(22)9-12/h3-9,22H,10H2,1-2H3,(H,20,23)(H,24,25). The molecule has 1 heterocycles. The van der Waals surface area contributed by atoms with Crippen LogP contribution in [-0.4, -0.2) is 42.2 Å². The Labute approximate surface area is 166 Å². The lowest BCUT2D eigenvalue weighted by Gasteiger charge is -2.18. The lowest BCUT2D eigenvalue weighted by atomic mass is 9.95. The van der Waals surface area contributed by atoms with Crippen LogP contribution >= 0.6 is 0 Å². The average Bonchev–Trinajstić information content (AvgIpc) is 2.77. The first-order valence-corrected chi connectivity index (χ1v) is 10.1. The van der Waals surface area contributed by atoms with Crippen LogP contribution in [0.5, 0.6) is 5.75 Å². The molecule has 3 rings (SSSR count). The lowest BCUT2D eigenvalue weighted by molar-refractivity contribution is -0.123. The third-order valence-electron chi connectivity index (χ3n) is 4.41. The summed E-state index contributed by atoms with van der Waals surface area (Å²) in [5.74, 6) is -3.36. The van der Waals surface area contributed by atoms with Crippen molar-refractivity contribution >= 4 is 39.2 Å². The highest BCUT2D eigenvalue weighted by atomic mass is 32.2. The van der Waals surface area contributed by atoms with E-state index in [1.165, 1.54) is 44.2 Å². The Hall–Kier alpha value is -3.40. The normalized spacial score (nSPS) is 17.2. The number of sulfonamides is 1. The highest BCUT2D eigenvalue weighted by Crippen LogP contribution is 2.36. The number of amides is 2. The van der Waals surface area contributed by atoms with Crippen LogP contribution in [0.2, 0.25) is 0 Å². The number of carboxylic acid groups (broad SMARTS) is 1. The summed E-state index contributed by atoms with van der Waals surface area (Å²) in [6.07, 6.45) is 0. The number of nitrogens with one attached hydrogen (secondary N) is 1. The molecule has 2 amide bonds. The smallest absolute Gasteiger partial charge is 0.339 e. The first-order valence-electron chi connectivity index (χ1n) is 8.47. The topological polar surface area (TPSA) is 141 Å². The predicted octanol–water partition coefficient (Wildman–Crippen LogP) is 2.05. The van der Waals surface area contributed by atoms with Crippen molar-refractivity contribution in [3.63, 3.8) is 0 Å². The van der Waals surface area contributed by atoms with Crippen LogP contribution < -0.4 is 9.62 Å². The number of anilines is 2. The van der Waals surface area contributed by atoms with Crippen LogP contribution in [-0.2, 0) is 14.8 Å². The van der Waals surface area contributed by atoms with E-state index in [2.05, 4.69) is 5.32 Å². The minimum Gasteiger partial charge on any atom is -0.507 e. The highest BCUT2D eigenvalue weighted by molar-refractivity contribution is 7.94. The molecule has 0 saturated carbocycles. The largest absolute Gasteiger partial charge is 0.507 e. The van der Waals surface area contributed by atoms with Gasteiger partial charge in [0.2, 0.25) is 15.9 Å². The van der Waals surface area contributed by atoms with Gasteiger partial charge in [0.25, 0.3) is 5.91 Å². The molecule has 2 aromatic rings. The zero-order valence-electron chi connectivity index (χ0n) is 15.5. The second kappa shape index (κ2) is 6.89. The lowest BCUT2D eigenvalue weighted by Crippen LogP contribution is -2.33. The first-order chi connectivity index (χ1) is 13.4. The zero-order chi connectivity index (χ0) is 21.6. The number of aromatic hydroxyl groups is 1. The van der Waals surface area contributed by atoms with Crippen LogP contribution in [0.3, 0.4) is 0 Å². The van der Waals surface area contributed by atoms with Gasteiger partial charge in [-0.1, -0.05) is 6.07 Å². The highest BCUT2D eigenvalue weighted by Gasteiger charge is 2.49. The number of phenols is 1. The van der Waals surface area contributed by atoms with Gasteiger partial charge in [0.1, 0.15) is 11.3 Å². The number of rotatable bonds is 4. The minimum atomic E-state index is -3.85. The molecule has 2 aromatic carbocycles. The Bertz CT molecular complexity index is 1140.